The summed E-state index contributed by atoms with van der Waals surface area (Å²) in [6, 6.07) is 31.6. The lowest BCUT2D eigenvalue weighted by Crippen LogP contribution is -2.19. The van der Waals surface area contributed by atoms with Crippen molar-refractivity contribution in [2.45, 2.75) is 17.1 Å². The SMILES string of the molecule is Cc1ccccc1C(=O)Nc1cccc(SC(C(=O)Nc2ccc(Cl)cc2)c2ccccc2)c1. The molecule has 0 bridgehead atoms. The highest BCUT2D eigenvalue weighted by Gasteiger charge is 2.22. The molecule has 34 heavy (non-hydrogen) atoms. The first-order valence-corrected chi connectivity index (χ1v) is 12.0. The number of benzene rings is 4. The van der Waals surface area contributed by atoms with E-state index in [0.29, 0.717) is 22.0 Å². The molecular weight excluding hydrogens is 464 g/mol. The minimum Gasteiger partial charge on any atom is -0.325 e. The van der Waals surface area contributed by atoms with E-state index in [0.717, 1.165) is 16.0 Å². The molecule has 0 fully saturated rings. The second kappa shape index (κ2) is 11.1. The third-order valence-corrected chi connectivity index (χ3v) is 6.69. The van der Waals surface area contributed by atoms with Gasteiger partial charge in [-0.1, -0.05) is 66.2 Å². The van der Waals surface area contributed by atoms with Crippen molar-refractivity contribution >= 4 is 46.6 Å². The Morgan fingerprint density at radius 3 is 2.21 bits per heavy atom. The van der Waals surface area contributed by atoms with Crippen molar-refractivity contribution in [3.63, 3.8) is 0 Å². The number of halogens is 1. The van der Waals surface area contributed by atoms with Crippen molar-refractivity contribution in [2.24, 2.45) is 0 Å². The highest BCUT2D eigenvalue weighted by atomic mass is 35.5. The van der Waals surface area contributed by atoms with E-state index in [9.17, 15) is 9.59 Å². The molecule has 0 aliphatic rings. The highest BCUT2D eigenvalue weighted by Crippen LogP contribution is 2.37. The molecule has 0 aromatic heterocycles. The molecule has 1 unspecified atom stereocenters. The average molecular weight is 487 g/mol. The van der Waals surface area contributed by atoms with E-state index in [1.54, 1.807) is 30.3 Å². The number of thioether (sulfide) groups is 1. The van der Waals surface area contributed by atoms with Gasteiger partial charge >= 0.3 is 0 Å². The maximum absolute atomic E-state index is 13.3. The Kier molecular flexibility index (Phi) is 7.68. The van der Waals surface area contributed by atoms with Gasteiger partial charge in [0, 0.05) is 26.9 Å². The van der Waals surface area contributed by atoms with Crippen LogP contribution in [0.4, 0.5) is 11.4 Å². The summed E-state index contributed by atoms with van der Waals surface area (Å²) in [5, 5.41) is 6.06. The van der Waals surface area contributed by atoms with E-state index in [1.165, 1.54) is 11.8 Å². The van der Waals surface area contributed by atoms with Crippen LogP contribution in [0.1, 0.15) is 26.7 Å². The van der Waals surface area contributed by atoms with Gasteiger partial charge in [-0.05, 0) is 66.6 Å². The fourth-order valence-electron chi connectivity index (χ4n) is 3.45. The first-order valence-electron chi connectivity index (χ1n) is 10.7. The number of nitrogens with one attached hydrogen (secondary N) is 2. The predicted molar refractivity (Wildman–Crippen MR) is 141 cm³/mol. The molecule has 0 aliphatic heterocycles. The van der Waals surface area contributed by atoms with Crippen LogP contribution in [0.2, 0.25) is 5.02 Å². The maximum Gasteiger partial charge on any atom is 0.255 e. The Morgan fingerprint density at radius 1 is 0.765 bits per heavy atom. The molecule has 2 amide bonds. The van der Waals surface area contributed by atoms with E-state index in [2.05, 4.69) is 10.6 Å². The smallest absolute Gasteiger partial charge is 0.255 e. The van der Waals surface area contributed by atoms with Gasteiger partial charge < -0.3 is 10.6 Å². The summed E-state index contributed by atoms with van der Waals surface area (Å²) in [6.07, 6.45) is 0. The number of aryl methyl sites for hydroxylation is 1. The Balaban J connectivity index is 1.54. The van der Waals surface area contributed by atoms with Crippen LogP contribution in [-0.4, -0.2) is 11.8 Å². The number of carbonyl (C=O) groups is 2. The Morgan fingerprint density at radius 2 is 1.47 bits per heavy atom. The van der Waals surface area contributed by atoms with Gasteiger partial charge in [0.25, 0.3) is 5.91 Å². The van der Waals surface area contributed by atoms with Crippen molar-refractivity contribution < 1.29 is 9.59 Å². The maximum atomic E-state index is 13.3. The van der Waals surface area contributed by atoms with Crippen LogP contribution >= 0.6 is 23.4 Å². The van der Waals surface area contributed by atoms with Crippen LogP contribution in [0.3, 0.4) is 0 Å². The van der Waals surface area contributed by atoms with Crippen molar-refractivity contribution in [3.8, 4) is 0 Å². The van der Waals surface area contributed by atoms with Gasteiger partial charge in [-0.25, -0.2) is 0 Å². The second-order valence-corrected chi connectivity index (χ2v) is 9.32. The quantitative estimate of drug-likeness (QED) is 0.268. The zero-order valence-electron chi connectivity index (χ0n) is 18.5. The Bertz CT molecular complexity index is 1290. The molecule has 0 radical (unpaired) electrons. The van der Waals surface area contributed by atoms with Crippen molar-refractivity contribution in [1.82, 2.24) is 0 Å². The summed E-state index contributed by atoms with van der Waals surface area (Å²) in [4.78, 5) is 26.9. The summed E-state index contributed by atoms with van der Waals surface area (Å²) in [5.41, 5.74) is 3.77. The molecule has 0 saturated carbocycles. The van der Waals surface area contributed by atoms with Crippen LogP contribution in [0.15, 0.2) is 108 Å². The number of amides is 2. The van der Waals surface area contributed by atoms with Crippen molar-refractivity contribution in [2.75, 3.05) is 10.6 Å². The van der Waals surface area contributed by atoms with Gasteiger partial charge in [-0.3, -0.25) is 9.59 Å². The molecule has 170 valence electrons. The zero-order valence-corrected chi connectivity index (χ0v) is 20.1. The van der Waals surface area contributed by atoms with Crippen LogP contribution in [0.5, 0.6) is 0 Å². The third-order valence-electron chi connectivity index (χ3n) is 5.19. The molecule has 4 aromatic rings. The molecule has 4 aromatic carbocycles. The lowest BCUT2D eigenvalue weighted by atomic mass is 10.1. The van der Waals surface area contributed by atoms with Gasteiger partial charge in [0.15, 0.2) is 0 Å². The first kappa shape index (κ1) is 23.6. The Labute approximate surface area is 208 Å². The van der Waals surface area contributed by atoms with Crippen molar-refractivity contribution in [3.05, 3.63) is 125 Å². The molecule has 0 heterocycles. The average Bonchev–Trinajstić information content (AvgIpc) is 2.85. The minimum absolute atomic E-state index is 0.145. The number of anilines is 2. The summed E-state index contributed by atoms with van der Waals surface area (Å²) < 4.78 is 0. The molecule has 2 N–H and O–H groups in total. The number of carbonyl (C=O) groups excluding carboxylic acids is 2. The topological polar surface area (TPSA) is 58.2 Å². The summed E-state index contributed by atoms with van der Waals surface area (Å²) in [7, 11) is 0. The summed E-state index contributed by atoms with van der Waals surface area (Å²) >= 11 is 7.39. The van der Waals surface area contributed by atoms with Crippen LogP contribution < -0.4 is 10.6 Å². The predicted octanol–water partition coefficient (Wildman–Crippen LogP) is 7.37. The van der Waals surface area contributed by atoms with Crippen LogP contribution in [0, 0.1) is 6.92 Å². The highest BCUT2D eigenvalue weighted by molar-refractivity contribution is 8.00. The molecule has 4 rings (SSSR count). The van der Waals surface area contributed by atoms with E-state index in [1.807, 2.05) is 79.7 Å². The van der Waals surface area contributed by atoms with E-state index in [4.69, 9.17) is 11.6 Å². The molecular formula is C28H23ClN2O2S. The monoisotopic (exact) mass is 486 g/mol. The second-order valence-electron chi connectivity index (χ2n) is 7.70. The fraction of sp³-hybridized carbons (Fsp3) is 0.0714. The van der Waals surface area contributed by atoms with Crippen molar-refractivity contribution in [1.29, 1.82) is 0 Å². The van der Waals surface area contributed by atoms with E-state index < -0.39 is 5.25 Å². The largest absolute Gasteiger partial charge is 0.325 e. The number of hydrogen-bond acceptors (Lipinski definition) is 3. The fourth-order valence-corrected chi connectivity index (χ4v) is 4.66. The van der Waals surface area contributed by atoms with E-state index in [-0.39, 0.29) is 11.8 Å². The van der Waals surface area contributed by atoms with E-state index >= 15 is 0 Å². The molecule has 0 aliphatic carbocycles. The molecule has 6 heteroatoms. The van der Waals surface area contributed by atoms with Gasteiger partial charge in [-0.15, -0.1) is 11.8 Å². The van der Waals surface area contributed by atoms with Gasteiger partial charge in [0.1, 0.15) is 5.25 Å². The molecule has 1 atom stereocenters. The summed E-state index contributed by atoms with van der Waals surface area (Å²) in [6.45, 7) is 1.91. The van der Waals surface area contributed by atoms with Gasteiger partial charge in [-0.2, -0.15) is 0 Å². The molecule has 0 saturated heterocycles. The first-order chi connectivity index (χ1) is 16.5. The third kappa shape index (κ3) is 6.07. The molecule has 4 nitrogen and oxygen atoms in total. The lowest BCUT2D eigenvalue weighted by molar-refractivity contribution is -0.115. The normalized spacial score (nSPS) is 11.5. The minimum atomic E-state index is -0.487. The number of rotatable bonds is 7. The standard InChI is InChI=1S/C28H23ClN2O2S/c1-19-8-5-6-13-25(19)27(32)31-23-11-7-12-24(18-23)34-26(20-9-3-2-4-10-20)28(33)30-22-16-14-21(29)15-17-22/h2-18,26H,1H3,(H,30,33)(H,31,32). The number of hydrogen-bond donors (Lipinski definition) is 2. The molecule has 0 spiro atoms. The lowest BCUT2D eigenvalue weighted by Gasteiger charge is -2.18. The van der Waals surface area contributed by atoms with Gasteiger partial charge in [0.2, 0.25) is 5.91 Å². The zero-order chi connectivity index (χ0) is 23.9. The van der Waals surface area contributed by atoms with Gasteiger partial charge in [0.05, 0.1) is 0 Å². The summed E-state index contributed by atoms with van der Waals surface area (Å²) in [5.74, 6) is -0.312. The Hall–Kier alpha value is -3.54. The van der Waals surface area contributed by atoms with Crippen LogP contribution in [0.25, 0.3) is 0 Å². The van der Waals surface area contributed by atoms with Crippen LogP contribution in [-0.2, 0) is 4.79 Å².